The second-order valence-corrected chi connectivity index (χ2v) is 3.38. The van der Waals surface area contributed by atoms with Gasteiger partial charge in [0.25, 0.3) is 0 Å². The van der Waals surface area contributed by atoms with Gasteiger partial charge in [-0.05, 0) is 33.6 Å². The van der Waals surface area contributed by atoms with Gasteiger partial charge in [-0.25, -0.2) is 9.97 Å². The van der Waals surface area contributed by atoms with E-state index in [1.807, 2.05) is 12.1 Å². The number of halogens is 1. The molecule has 0 fully saturated rings. The van der Waals surface area contributed by atoms with Gasteiger partial charge in [-0.15, -0.1) is 0 Å². The molecule has 0 aliphatic carbocycles. The molecular weight excluding hydrogens is 244 g/mol. The fourth-order valence-corrected chi connectivity index (χ4v) is 1.42. The van der Waals surface area contributed by atoms with Gasteiger partial charge in [0.1, 0.15) is 5.82 Å². The van der Waals surface area contributed by atoms with Crippen molar-refractivity contribution in [2.24, 2.45) is 0 Å². The molecule has 0 amide bonds. The van der Waals surface area contributed by atoms with Crippen LogP contribution in [0, 0.1) is 0 Å². The Kier molecular flexibility index (Phi) is 2.41. The lowest BCUT2D eigenvalue weighted by atomic mass is 10.1. The van der Waals surface area contributed by atoms with E-state index in [0.29, 0.717) is 10.6 Å². The number of hydrogen-bond donors (Lipinski definition) is 1. The molecule has 0 radical (unpaired) electrons. The standard InChI is InChI=1S/C9H7BrN4/c10-9-13-5-7(8(11)14-9)6-1-3-12-4-2-6/h1-5H,(H2,11,13,14). The summed E-state index contributed by atoms with van der Waals surface area (Å²) >= 11 is 3.15. The summed E-state index contributed by atoms with van der Waals surface area (Å²) in [7, 11) is 0. The van der Waals surface area contributed by atoms with Crippen LogP contribution >= 0.6 is 15.9 Å². The molecule has 0 aliphatic rings. The van der Waals surface area contributed by atoms with Crippen LogP contribution < -0.4 is 5.73 Å². The van der Waals surface area contributed by atoms with Crippen LogP contribution in [-0.4, -0.2) is 15.0 Å². The average molecular weight is 251 g/mol. The van der Waals surface area contributed by atoms with Crippen molar-refractivity contribution in [2.75, 3.05) is 5.73 Å². The maximum absolute atomic E-state index is 5.75. The van der Waals surface area contributed by atoms with Gasteiger partial charge < -0.3 is 5.73 Å². The van der Waals surface area contributed by atoms with Crippen molar-refractivity contribution in [1.82, 2.24) is 15.0 Å². The van der Waals surface area contributed by atoms with Crippen LogP contribution in [0.3, 0.4) is 0 Å². The van der Waals surface area contributed by atoms with Crippen LogP contribution in [0.1, 0.15) is 0 Å². The Labute approximate surface area is 89.4 Å². The first-order valence-corrected chi connectivity index (χ1v) is 4.75. The third-order valence-corrected chi connectivity index (χ3v) is 2.16. The fraction of sp³-hybridized carbons (Fsp3) is 0. The lowest BCUT2D eigenvalue weighted by Crippen LogP contribution is -1.96. The van der Waals surface area contributed by atoms with Crippen molar-refractivity contribution in [2.45, 2.75) is 0 Å². The van der Waals surface area contributed by atoms with E-state index < -0.39 is 0 Å². The molecule has 5 heteroatoms. The molecule has 0 saturated heterocycles. The molecule has 14 heavy (non-hydrogen) atoms. The first kappa shape index (κ1) is 9.08. The van der Waals surface area contributed by atoms with Crippen LogP contribution in [0.25, 0.3) is 11.1 Å². The smallest absolute Gasteiger partial charge is 0.198 e. The van der Waals surface area contributed by atoms with Gasteiger partial charge in [-0.3, -0.25) is 4.98 Å². The van der Waals surface area contributed by atoms with Crippen molar-refractivity contribution in [3.05, 3.63) is 35.5 Å². The van der Waals surface area contributed by atoms with E-state index in [4.69, 9.17) is 5.73 Å². The SMILES string of the molecule is Nc1nc(Br)ncc1-c1ccncc1. The van der Waals surface area contributed by atoms with Crippen molar-refractivity contribution in [1.29, 1.82) is 0 Å². The van der Waals surface area contributed by atoms with Crippen LogP contribution in [0.5, 0.6) is 0 Å². The molecule has 0 atom stereocenters. The minimum absolute atomic E-state index is 0.457. The van der Waals surface area contributed by atoms with E-state index in [1.54, 1.807) is 18.6 Å². The summed E-state index contributed by atoms with van der Waals surface area (Å²) in [6.45, 7) is 0. The molecule has 0 aliphatic heterocycles. The summed E-state index contributed by atoms with van der Waals surface area (Å²) in [6, 6.07) is 3.73. The van der Waals surface area contributed by atoms with Gasteiger partial charge in [0.05, 0.1) is 0 Å². The van der Waals surface area contributed by atoms with Gasteiger partial charge >= 0.3 is 0 Å². The lowest BCUT2D eigenvalue weighted by molar-refractivity contribution is 1.12. The second-order valence-electron chi connectivity index (χ2n) is 2.67. The number of aromatic nitrogens is 3. The summed E-state index contributed by atoms with van der Waals surface area (Å²) < 4.78 is 0.493. The number of anilines is 1. The quantitative estimate of drug-likeness (QED) is 0.786. The number of rotatable bonds is 1. The maximum Gasteiger partial charge on any atom is 0.198 e. The molecule has 0 saturated carbocycles. The molecule has 70 valence electrons. The third kappa shape index (κ3) is 1.72. The van der Waals surface area contributed by atoms with Gasteiger partial charge in [0, 0.05) is 24.2 Å². The van der Waals surface area contributed by atoms with Crippen LogP contribution in [0.4, 0.5) is 5.82 Å². The van der Waals surface area contributed by atoms with Crippen molar-refractivity contribution < 1.29 is 0 Å². The molecule has 0 bridgehead atoms. The Bertz CT molecular complexity index is 444. The van der Waals surface area contributed by atoms with E-state index in [2.05, 4.69) is 30.9 Å². The van der Waals surface area contributed by atoms with Crippen molar-refractivity contribution in [3.63, 3.8) is 0 Å². The van der Waals surface area contributed by atoms with E-state index in [1.165, 1.54) is 0 Å². The average Bonchev–Trinajstić information content (AvgIpc) is 2.19. The molecule has 0 unspecified atom stereocenters. The molecule has 2 aromatic heterocycles. The van der Waals surface area contributed by atoms with Gasteiger partial charge in [-0.2, -0.15) is 0 Å². The van der Waals surface area contributed by atoms with Crippen molar-refractivity contribution in [3.8, 4) is 11.1 Å². The minimum atomic E-state index is 0.457. The maximum atomic E-state index is 5.75. The highest BCUT2D eigenvalue weighted by molar-refractivity contribution is 9.10. The molecule has 2 heterocycles. The lowest BCUT2D eigenvalue weighted by Gasteiger charge is -2.03. The summed E-state index contributed by atoms with van der Waals surface area (Å²) in [5, 5.41) is 0. The zero-order valence-corrected chi connectivity index (χ0v) is 8.77. The zero-order chi connectivity index (χ0) is 9.97. The zero-order valence-electron chi connectivity index (χ0n) is 7.18. The van der Waals surface area contributed by atoms with Gasteiger partial charge in [-0.1, -0.05) is 0 Å². The van der Waals surface area contributed by atoms with E-state index in [0.717, 1.165) is 11.1 Å². The first-order chi connectivity index (χ1) is 6.77. The topological polar surface area (TPSA) is 64.7 Å². The Morgan fingerprint density at radius 2 is 1.93 bits per heavy atom. The van der Waals surface area contributed by atoms with Crippen molar-refractivity contribution >= 4 is 21.7 Å². The molecule has 2 N–H and O–H groups in total. The Balaban J connectivity index is 2.53. The summed E-state index contributed by atoms with van der Waals surface area (Å²) in [6.07, 6.45) is 5.09. The van der Waals surface area contributed by atoms with Gasteiger partial charge in [0.2, 0.25) is 0 Å². The number of nitrogen functional groups attached to an aromatic ring is 1. The summed E-state index contributed by atoms with van der Waals surface area (Å²) in [5.41, 5.74) is 7.53. The van der Waals surface area contributed by atoms with E-state index >= 15 is 0 Å². The van der Waals surface area contributed by atoms with Crippen LogP contribution in [0.15, 0.2) is 35.5 Å². The Morgan fingerprint density at radius 1 is 1.21 bits per heavy atom. The van der Waals surface area contributed by atoms with E-state index in [9.17, 15) is 0 Å². The largest absolute Gasteiger partial charge is 0.383 e. The second kappa shape index (κ2) is 3.71. The van der Waals surface area contributed by atoms with Crippen LogP contribution in [0.2, 0.25) is 0 Å². The molecule has 0 spiro atoms. The summed E-state index contributed by atoms with van der Waals surface area (Å²) in [4.78, 5) is 12.0. The minimum Gasteiger partial charge on any atom is -0.383 e. The predicted molar refractivity (Wildman–Crippen MR) is 57.4 cm³/mol. The normalized spacial score (nSPS) is 10.1. The summed E-state index contributed by atoms with van der Waals surface area (Å²) in [5.74, 6) is 0.457. The highest BCUT2D eigenvalue weighted by Gasteiger charge is 2.04. The monoisotopic (exact) mass is 250 g/mol. The number of pyridine rings is 1. The van der Waals surface area contributed by atoms with Gasteiger partial charge in [0.15, 0.2) is 4.73 Å². The first-order valence-electron chi connectivity index (χ1n) is 3.96. The molecular formula is C9H7BrN4. The van der Waals surface area contributed by atoms with Crippen LogP contribution in [-0.2, 0) is 0 Å². The Hall–Kier alpha value is -1.49. The number of hydrogen-bond acceptors (Lipinski definition) is 4. The molecule has 2 rings (SSSR count). The van der Waals surface area contributed by atoms with E-state index in [-0.39, 0.29) is 0 Å². The molecule has 0 aromatic carbocycles. The molecule has 2 aromatic rings. The predicted octanol–water partition coefficient (Wildman–Crippen LogP) is 1.88. The highest BCUT2D eigenvalue weighted by Crippen LogP contribution is 2.23. The Morgan fingerprint density at radius 3 is 2.57 bits per heavy atom. The number of nitrogens with zero attached hydrogens (tertiary/aromatic N) is 3. The number of nitrogens with two attached hydrogens (primary N) is 1. The highest BCUT2D eigenvalue weighted by atomic mass is 79.9. The fourth-order valence-electron chi connectivity index (χ4n) is 1.13. The molecule has 4 nitrogen and oxygen atoms in total. The third-order valence-electron chi connectivity index (χ3n) is 1.78.